The van der Waals surface area contributed by atoms with Crippen LogP contribution in [-0.2, 0) is 0 Å². The van der Waals surface area contributed by atoms with Gasteiger partial charge in [-0.2, -0.15) is 4.58 Å². The van der Waals surface area contributed by atoms with Crippen molar-refractivity contribution in [1.29, 1.82) is 0 Å². The van der Waals surface area contributed by atoms with Crippen molar-refractivity contribution in [2.45, 2.75) is 0 Å². The Kier molecular flexibility index (Phi) is 5.90. The van der Waals surface area contributed by atoms with Gasteiger partial charge in [0.1, 0.15) is 25.6 Å². The van der Waals surface area contributed by atoms with Crippen molar-refractivity contribution in [3.05, 3.63) is 60.7 Å². The molecule has 0 radical (unpaired) electrons. The minimum absolute atomic E-state index is 0. The van der Waals surface area contributed by atoms with Crippen LogP contribution in [0.3, 0.4) is 0 Å². The maximum Gasteiger partial charge on any atom is 0.559 e. The van der Waals surface area contributed by atoms with Gasteiger partial charge >= 0.3 is 6.08 Å². The molecule has 100 valence electrons. The molecule has 3 nitrogen and oxygen atoms in total. The van der Waals surface area contributed by atoms with Crippen molar-refractivity contribution in [1.82, 2.24) is 0 Å². The average Bonchev–Trinajstić information content (AvgIpc) is 2.40. The Bertz CT molecular complexity index is 479. The quantitative estimate of drug-likeness (QED) is 0.430. The van der Waals surface area contributed by atoms with Gasteiger partial charge in [0.2, 0.25) is 0 Å². The highest BCUT2D eigenvalue weighted by Crippen LogP contribution is 2.12. The summed E-state index contributed by atoms with van der Waals surface area (Å²) in [7, 11) is 3.75. The summed E-state index contributed by atoms with van der Waals surface area (Å²) < 4.78 is 13.2. The Morgan fingerprint density at radius 2 is 1.11 bits per heavy atom. The van der Waals surface area contributed by atoms with Crippen molar-refractivity contribution < 1.29 is 26.5 Å². The second-order valence-electron chi connectivity index (χ2n) is 3.99. The van der Waals surface area contributed by atoms with E-state index in [0.717, 1.165) is 11.5 Å². The van der Waals surface area contributed by atoms with Crippen molar-refractivity contribution in [2.24, 2.45) is 0 Å². The maximum atomic E-state index is 5.70. The number of hydrogen-bond acceptors (Lipinski definition) is 2. The molecule has 2 aromatic carbocycles. The highest BCUT2D eigenvalue weighted by atomic mass is 35.5. The first-order chi connectivity index (χ1) is 8.75. The lowest BCUT2D eigenvalue weighted by Gasteiger charge is -2.06. The van der Waals surface area contributed by atoms with Gasteiger partial charge in [-0.3, -0.25) is 0 Å². The van der Waals surface area contributed by atoms with Gasteiger partial charge in [0, 0.05) is 0 Å². The number of rotatable bonds is 2. The summed E-state index contributed by atoms with van der Waals surface area (Å²) in [5, 5.41) is 0. The summed E-state index contributed by atoms with van der Waals surface area (Å²) in [5.74, 6) is 1.49. The predicted octanol–water partition coefficient (Wildman–Crippen LogP) is -0.224. The molecule has 0 spiro atoms. The number of nitrogens with zero attached hydrogens (tertiary/aromatic N) is 1. The molecular weight excluding hydrogens is 262 g/mol. The smallest absolute Gasteiger partial charge is 0.559 e. The molecular formula is C15H16ClNO2. The SMILES string of the molecule is C[N+](C)=C(Oc1ccccc1)Oc1ccccc1.[Cl-]. The molecule has 0 aliphatic rings. The molecule has 0 saturated heterocycles. The van der Waals surface area contributed by atoms with Gasteiger partial charge in [-0.15, -0.1) is 0 Å². The summed E-state index contributed by atoms with van der Waals surface area (Å²) in [5.41, 5.74) is 0. The summed E-state index contributed by atoms with van der Waals surface area (Å²) in [6.07, 6.45) is 0.437. The van der Waals surface area contributed by atoms with E-state index in [1.54, 1.807) is 4.58 Å². The van der Waals surface area contributed by atoms with Crippen LogP contribution in [0.2, 0.25) is 0 Å². The maximum absolute atomic E-state index is 5.70. The van der Waals surface area contributed by atoms with Crippen LogP contribution in [0.15, 0.2) is 60.7 Å². The standard InChI is InChI=1S/C15H16NO2.ClH/c1-16(2)15(17-13-9-5-3-6-10-13)18-14-11-7-4-8-12-14;/h3-12H,1-2H3;1H/q+1;/p-1. The molecule has 4 heteroatoms. The van der Waals surface area contributed by atoms with Gasteiger partial charge in [-0.1, -0.05) is 36.4 Å². The molecule has 0 unspecified atom stereocenters. The van der Waals surface area contributed by atoms with E-state index >= 15 is 0 Å². The predicted molar refractivity (Wildman–Crippen MR) is 71.3 cm³/mol. The number of hydrogen-bond donors (Lipinski definition) is 0. The van der Waals surface area contributed by atoms with Crippen LogP contribution in [0.4, 0.5) is 0 Å². The lowest BCUT2D eigenvalue weighted by molar-refractivity contribution is -0.480. The second kappa shape index (κ2) is 7.44. The van der Waals surface area contributed by atoms with Crippen molar-refractivity contribution in [3.8, 4) is 11.5 Å². The zero-order valence-electron chi connectivity index (χ0n) is 10.9. The van der Waals surface area contributed by atoms with E-state index in [2.05, 4.69) is 0 Å². The lowest BCUT2D eigenvalue weighted by Crippen LogP contribution is -3.00. The van der Waals surface area contributed by atoms with Crippen LogP contribution < -0.4 is 21.9 Å². The largest absolute Gasteiger partial charge is 1.00 e. The summed E-state index contributed by atoms with van der Waals surface area (Å²) in [4.78, 5) is 0. The van der Waals surface area contributed by atoms with Crippen LogP contribution in [0, 0.1) is 0 Å². The first-order valence-corrected chi connectivity index (χ1v) is 5.76. The summed E-state index contributed by atoms with van der Waals surface area (Å²) in [6, 6.07) is 19.1. The van der Waals surface area contributed by atoms with Crippen LogP contribution in [-0.4, -0.2) is 24.8 Å². The molecule has 0 heterocycles. The second-order valence-corrected chi connectivity index (χ2v) is 3.99. The molecule has 0 N–H and O–H groups in total. The van der Waals surface area contributed by atoms with E-state index in [9.17, 15) is 0 Å². The molecule has 2 rings (SSSR count). The molecule has 0 atom stereocenters. The zero-order valence-corrected chi connectivity index (χ0v) is 11.7. The fourth-order valence-corrected chi connectivity index (χ4v) is 1.38. The third-order valence-corrected chi connectivity index (χ3v) is 2.26. The van der Waals surface area contributed by atoms with Crippen molar-refractivity contribution in [3.63, 3.8) is 0 Å². The van der Waals surface area contributed by atoms with Gasteiger partial charge < -0.3 is 21.9 Å². The third kappa shape index (κ3) is 4.64. The number of halogens is 1. The summed E-state index contributed by atoms with van der Waals surface area (Å²) in [6.45, 7) is 0. The van der Waals surface area contributed by atoms with E-state index < -0.39 is 0 Å². The minimum Gasteiger partial charge on any atom is -1.00 e. The van der Waals surface area contributed by atoms with Crippen LogP contribution in [0.25, 0.3) is 0 Å². The third-order valence-electron chi connectivity index (χ3n) is 2.26. The molecule has 0 aliphatic heterocycles. The highest BCUT2D eigenvalue weighted by Gasteiger charge is 2.14. The number of benzene rings is 2. The van der Waals surface area contributed by atoms with Gasteiger partial charge in [0.25, 0.3) is 0 Å². The minimum atomic E-state index is 0. The average molecular weight is 278 g/mol. The first kappa shape index (κ1) is 15.1. The Morgan fingerprint density at radius 1 is 0.737 bits per heavy atom. The van der Waals surface area contributed by atoms with Crippen molar-refractivity contribution in [2.75, 3.05) is 14.1 Å². The van der Waals surface area contributed by atoms with E-state index in [1.165, 1.54) is 0 Å². The van der Waals surface area contributed by atoms with E-state index in [-0.39, 0.29) is 12.4 Å². The number of para-hydroxylation sites is 2. The molecule has 19 heavy (non-hydrogen) atoms. The Labute approximate surface area is 119 Å². The van der Waals surface area contributed by atoms with Gasteiger partial charge in [0.05, 0.1) is 0 Å². The lowest BCUT2D eigenvalue weighted by atomic mass is 10.3. The Morgan fingerprint density at radius 3 is 1.42 bits per heavy atom. The fraction of sp³-hybridized carbons (Fsp3) is 0.133. The molecule has 0 fully saturated rings. The van der Waals surface area contributed by atoms with E-state index in [1.807, 2.05) is 74.8 Å². The van der Waals surface area contributed by atoms with E-state index in [0.29, 0.717) is 6.08 Å². The van der Waals surface area contributed by atoms with E-state index in [4.69, 9.17) is 9.47 Å². The number of ether oxygens (including phenoxy) is 2. The molecule has 2 aromatic rings. The monoisotopic (exact) mass is 277 g/mol. The van der Waals surface area contributed by atoms with Crippen molar-refractivity contribution >= 4 is 6.08 Å². The molecule has 0 aromatic heterocycles. The fourth-order valence-electron chi connectivity index (χ4n) is 1.38. The highest BCUT2D eigenvalue weighted by molar-refractivity contribution is 5.67. The first-order valence-electron chi connectivity index (χ1n) is 5.76. The normalized spacial score (nSPS) is 9.16. The topological polar surface area (TPSA) is 21.5 Å². The van der Waals surface area contributed by atoms with Crippen LogP contribution in [0.5, 0.6) is 11.5 Å². The van der Waals surface area contributed by atoms with Crippen LogP contribution in [0.1, 0.15) is 0 Å². The van der Waals surface area contributed by atoms with Crippen LogP contribution >= 0.6 is 0 Å². The Hall–Kier alpha value is -2.00. The molecule has 0 bridgehead atoms. The summed E-state index contributed by atoms with van der Waals surface area (Å²) >= 11 is 0. The van der Waals surface area contributed by atoms with Gasteiger partial charge in [-0.25, -0.2) is 0 Å². The molecule has 0 amide bonds. The van der Waals surface area contributed by atoms with Gasteiger partial charge in [0.15, 0.2) is 0 Å². The Balaban J connectivity index is 0.00000180. The van der Waals surface area contributed by atoms with Gasteiger partial charge in [-0.05, 0) is 24.3 Å². The zero-order chi connectivity index (χ0) is 12.8. The molecule has 0 saturated carbocycles. The molecule has 0 aliphatic carbocycles.